The molecule has 4 N–H and O–H groups in total. The minimum atomic E-state index is -0.883. The Balaban J connectivity index is 1.64. The molecule has 1 saturated heterocycles. The van der Waals surface area contributed by atoms with E-state index in [0.29, 0.717) is 19.0 Å². The fourth-order valence-electron chi connectivity index (χ4n) is 5.61. The maximum Gasteiger partial charge on any atom is 0.317 e. The van der Waals surface area contributed by atoms with Crippen LogP contribution in [0.15, 0.2) is 30.3 Å². The Bertz CT molecular complexity index is 662. The second-order valence-electron chi connectivity index (χ2n) is 9.80. The summed E-state index contributed by atoms with van der Waals surface area (Å²) >= 11 is 0. The van der Waals surface area contributed by atoms with Gasteiger partial charge in [0, 0.05) is 31.6 Å². The van der Waals surface area contributed by atoms with Gasteiger partial charge < -0.3 is 21.1 Å². The van der Waals surface area contributed by atoms with Crippen LogP contribution in [0.2, 0.25) is 0 Å². The van der Waals surface area contributed by atoms with Crippen molar-refractivity contribution in [1.82, 2.24) is 10.2 Å². The van der Waals surface area contributed by atoms with Crippen LogP contribution in [0.4, 0.5) is 4.79 Å². The van der Waals surface area contributed by atoms with E-state index >= 15 is 0 Å². The Morgan fingerprint density at radius 2 is 1.94 bits per heavy atom. The van der Waals surface area contributed by atoms with Gasteiger partial charge in [-0.1, -0.05) is 82.2 Å². The van der Waals surface area contributed by atoms with Crippen molar-refractivity contribution in [2.24, 2.45) is 17.6 Å². The summed E-state index contributed by atoms with van der Waals surface area (Å²) in [5, 5.41) is 15.0. The first-order valence-electron chi connectivity index (χ1n) is 12.6. The van der Waals surface area contributed by atoms with Crippen LogP contribution in [0.5, 0.6) is 0 Å². The maximum atomic E-state index is 13.1. The lowest BCUT2D eigenvalue weighted by molar-refractivity contribution is -0.0555. The number of nitrogens with zero attached hydrogens (tertiary/aromatic N) is 1. The SMILES string of the molecule is CCCC[C@@](O)(c1ccccc1)[C@@H]1CCCN(C(=O)N[C@H](CN)CC2CCCCC2)C1. The van der Waals surface area contributed by atoms with Crippen molar-refractivity contribution in [2.75, 3.05) is 19.6 Å². The summed E-state index contributed by atoms with van der Waals surface area (Å²) in [6.45, 7) is 4.00. The lowest BCUT2D eigenvalue weighted by atomic mass is 9.74. The highest BCUT2D eigenvalue weighted by Gasteiger charge is 2.41. The van der Waals surface area contributed by atoms with Crippen LogP contribution in [-0.2, 0) is 5.60 Å². The molecule has 0 radical (unpaired) electrons. The summed E-state index contributed by atoms with van der Waals surface area (Å²) in [6.07, 6.45) is 12.1. The molecule has 1 aliphatic carbocycles. The van der Waals surface area contributed by atoms with Gasteiger partial charge in [-0.3, -0.25) is 0 Å². The van der Waals surface area contributed by atoms with Crippen LogP contribution in [0.25, 0.3) is 0 Å². The number of piperidine rings is 1. The van der Waals surface area contributed by atoms with E-state index in [1.165, 1.54) is 32.1 Å². The number of hydrogen-bond acceptors (Lipinski definition) is 3. The van der Waals surface area contributed by atoms with E-state index in [9.17, 15) is 9.90 Å². The third-order valence-corrected chi connectivity index (χ3v) is 7.52. The van der Waals surface area contributed by atoms with Gasteiger partial charge >= 0.3 is 6.03 Å². The molecule has 1 saturated carbocycles. The fourth-order valence-corrected chi connectivity index (χ4v) is 5.61. The molecule has 0 bridgehead atoms. The number of carbonyl (C=O) groups is 1. The Labute approximate surface area is 188 Å². The number of urea groups is 1. The van der Waals surface area contributed by atoms with Crippen molar-refractivity contribution in [2.45, 2.75) is 89.2 Å². The van der Waals surface area contributed by atoms with Gasteiger partial charge in [0.1, 0.15) is 0 Å². The van der Waals surface area contributed by atoms with E-state index in [0.717, 1.165) is 50.6 Å². The summed E-state index contributed by atoms with van der Waals surface area (Å²) in [6, 6.07) is 10.1. The van der Waals surface area contributed by atoms with E-state index in [4.69, 9.17) is 5.73 Å². The van der Waals surface area contributed by atoms with Crippen molar-refractivity contribution in [3.8, 4) is 0 Å². The zero-order valence-corrected chi connectivity index (χ0v) is 19.4. The first-order chi connectivity index (χ1) is 15.1. The van der Waals surface area contributed by atoms with Crippen molar-refractivity contribution in [1.29, 1.82) is 0 Å². The fraction of sp³-hybridized carbons (Fsp3) is 0.731. The molecule has 0 aromatic heterocycles. The first-order valence-corrected chi connectivity index (χ1v) is 12.6. The van der Waals surface area contributed by atoms with Crippen LogP contribution in [0.1, 0.15) is 83.1 Å². The summed E-state index contributed by atoms with van der Waals surface area (Å²) in [5.74, 6) is 0.740. The quantitative estimate of drug-likeness (QED) is 0.528. The molecular weight excluding hydrogens is 386 g/mol. The average molecular weight is 430 g/mol. The Hall–Kier alpha value is -1.59. The predicted molar refractivity (Wildman–Crippen MR) is 127 cm³/mol. The molecule has 3 atom stereocenters. The van der Waals surface area contributed by atoms with Gasteiger partial charge in [0.25, 0.3) is 0 Å². The van der Waals surface area contributed by atoms with E-state index in [-0.39, 0.29) is 18.0 Å². The summed E-state index contributed by atoms with van der Waals surface area (Å²) < 4.78 is 0. The van der Waals surface area contributed by atoms with Gasteiger partial charge in [-0.05, 0) is 37.2 Å². The van der Waals surface area contributed by atoms with Crippen molar-refractivity contribution < 1.29 is 9.90 Å². The predicted octanol–water partition coefficient (Wildman–Crippen LogP) is 4.78. The molecule has 1 aromatic rings. The molecule has 0 spiro atoms. The molecule has 5 heteroatoms. The molecule has 5 nitrogen and oxygen atoms in total. The largest absolute Gasteiger partial charge is 0.385 e. The highest BCUT2D eigenvalue weighted by atomic mass is 16.3. The van der Waals surface area contributed by atoms with Crippen LogP contribution in [0, 0.1) is 11.8 Å². The molecule has 31 heavy (non-hydrogen) atoms. The van der Waals surface area contributed by atoms with Crippen LogP contribution in [0.3, 0.4) is 0 Å². The lowest BCUT2D eigenvalue weighted by Crippen LogP contribution is -2.53. The number of rotatable bonds is 9. The third-order valence-electron chi connectivity index (χ3n) is 7.52. The number of benzene rings is 1. The number of hydrogen-bond donors (Lipinski definition) is 3. The second-order valence-corrected chi connectivity index (χ2v) is 9.80. The van der Waals surface area contributed by atoms with E-state index in [2.05, 4.69) is 12.2 Å². The molecule has 2 fully saturated rings. The lowest BCUT2D eigenvalue weighted by Gasteiger charge is -2.43. The summed E-state index contributed by atoms with van der Waals surface area (Å²) in [4.78, 5) is 15.0. The van der Waals surface area contributed by atoms with Gasteiger partial charge in [-0.25, -0.2) is 4.79 Å². The van der Waals surface area contributed by atoms with E-state index in [1.807, 2.05) is 35.2 Å². The highest BCUT2D eigenvalue weighted by Crippen LogP contribution is 2.39. The standard InChI is InChI=1S/C26H43N3O2/c1-2-3-16-26(31,22-13-8-5-9-14-22)23-15-10-17-29(20-23)25(30)28-24(19-27)18-21-11-6-4-7-12-21/h5,8-9,13-14,21,23-24,31H,2-4,6-7,10-12,15-20,27H2,1H3,(H,28,30)/t23-,24+,26-/m1/s1. The summed E-state index contributed by atoms with van der Waals surface area (Å²) in [5.41, 5.74) is 6.12. The molecule has 174 valence electrons. The Morgan fingerprint density at radius 1 is 1.19 bits per heavy atom. The maximum absolute atomic E-state index is 13.1. The number of likely N-dealkylation sites (tertiary alicyclic amines) is 1. The van der Waals surface area contributed by atoms with E-state index in [1.54, 1.807) is 0 Å². The topological polar surface area (TPSA) is 78.6 Å². The van der Waals surface area contributed by atoms with Gasteiger partial charge in [-0.2, -0.15) is 0 Å². The molecule has 2 aliphatic rings. The van der Waals surface area contributed by atoms with Gasteiger partial charge in [0.05, 0.1) is 5.60 Å². The monoisotopic (exact) mass is 429 g/mol. The molecular formula is C26H43N3O2. The number of carbonyl (C=O) groups excluding carboxylic acids is 1. The Kier molecular flexibility index (Phi) is 9.21. The van der Waals surface area contributed by atoms with Crippen molar-refractivity contribution in [3.63, 3.8) is 0 Å². The average Bonchev–Trinajstić information content (AvgIpc) is 2.83. The van der Waals surface area contributed by atoms with Crippen LogP contribution >= 0.6 is 0 Å². The second kappa shape index (κ2) is 11.9. The molecule has 1 aromatic carbocycles. The zero-order valence-electron chi connectivity index (χ0n) is 19.4. The van der Waals surface area contributed by atoms with Gasteiger partial charge in [-0.15, -0.1) is 0 Å². The molecule has 2 amide bonds. The first kappa shape index (κ1) is 24.1. The van der Waals surface area contributed by atoms with Crippen LogP contribution in [-0.4, -0.2) is 41.7 Å². The molecule has 1 heterocycles. The zero-order chi connectivity index (χ0) is 22.1. The normalized spacial score (nSPS) is 23.2. The van der Waals surface area contributed by atoms with E-state index < -0.39 is 5.60 Å². The number of nitrogens with one attached hydrogen (secondary N) is 1. The third kappa shape index (κ3) is 6.45. The Morgan fingerprint density at radius 3 is 2.61 bits per heavy atom. The van der Waals surface area contributed by atoms with Gasteiger partial charge in [0.2, 0.25) is 0 Å². The van der Waals surface area contributed by atoms with Gasteiger partial charge in [0.15, 0.2) is 0 Å². The minimum Gasteiger partial charge on any atom is -0.385 e. The van der Waals surface area contributed by atoms with Crippen molar-refractivity contribution in [3.05, 3.63) is 35.9 Å². The smallest absolute Gasteiger partial charge is 0.317 e. The highest BCUT2D eigenvalue weighted by molar-refractivity contribution is 5.74. The number of aliphatic hydroxyl groups is 1. The minimum absolute atomic E-state index is 0.0122. The molecule has 1 aliphatic heterocycles. The number of amides is 2. The number of nitrogens with two attached hydrogens (primary N) is 1. The molecule has 0 unspecified atom stereocenters. The van der Waals surface area contributed by atoms with Crippen molar-refractivity contribution >= 4 is 6.03 Å². The molecule has 3 rings (SSSR count). The summed E-state index contributed by atoms with van der Waals surface area (Å²) in [7, 11) is 0. The number of unbranched alkanes of at least 4 members (excludes halogenated alkanes) is 1. The van der Waals surface area contributed by atoms with Crippen LogP contribution < -0.4 is 11.1 Å².